The molecule has 0 saturated heterocycles. The molecular weight excluding hydrogens is 270 g/mol. The predicted octanol–water partition coefficient (Wildman–Crippen LogP) is 0.407. The fourth-order valence-electron chi connectivity index (χ4n) is 2.17. The third kappa shape index (κ3) is 9.31. The average Bonchev–Trinajstić information content (AvgIpc) is 2.42. The van der Waals surface area contributed by atoms with Gasteiger partial charge in [0, 0.05) is 13.0 Å². The summed E-state index contributed by atoms with van der Waals surface area (Å²) in [5, 5.41) is 8.71. The van der Waals surface area contributed by atoms with E-state index in [0.29, 0.717) is 19.4 Å². The van der Waals surface area contributed by atoms with Gasteiger partial charge in [-0.1, -0.05) is 0 Å². The van der Waals surface area contributed by atoms with Crippen molar-refractivity contribution in [1.29, 1.82) is 0 Å². The Bertz CT molecular complexity index is 345. The van der Waals surface area contributed by atoms with Gasteiger partial charge in [0.15, 0.2) is 0 Å². The van der Waals surface area contributed by atoms with Gasteiger partial charge in [0.1, 0.15) is 11.6 Å². The van der Waals surface area contributed by atoms with Gasteiger partial charge in [-0.25, -0.2) is 0 Å². The number of hydrogen-bond donors (Lipinski definition) is 3. The summed E-state index contributed by atoms with van der Waals surface area (Å²) in [4.78, 5) is 34.1. The molecule has 0 aliphatic rings. The van der Waals surface area contributed by atoms with Crippen LogP contribution in [-0.2, 0) is 14.4 Å². The van der Waals surface area contributed by atoms with Crippen LogP contribution in [-0.4, -0.2) is 50.2 Å². The minimum Gasteiger partial charge on any atom is -0.356 e. The zero-order chi connectivity index (χ0) is 16.3. The van der Waals surface area contributed by atoms with E-state index in [1.165, 1.54) is 6.92 Å². The van der Waals surface area contributed by atoms with Gasteiger partial charge in [0.2, 0.25) is 5.91 Å². The van der Waals surface area contributed by atoms with Crippen LogP contribution >= 0.6 is 0 Å². The van der Waals surface area contributed by atoms with Gasteiger partial charge in [0.05, 0.1) is 12.1 Å². The number of ketones is 2. The first-order valence-corrected chi connectivity index (χ1v) is 7.54. The molecule has 0 rings (SSSR count). The molecule has 0 spiro atoms. The van der Waals surface area contributed by atoms with Crippen molar-refractivity contribution in [2.75, 3.05) is 20.6 Å². The van der Waals surface area contributed by atoms with Crippen molar-refractivity contribution in [3.8, 4) is 0 Å². The molecule has 0 unspecified atom stereocenters. The van der Waals surface area contributed by atoms with Crippen molar-refractivity contribution >= 4 is 17.5 Å². The molecule has 21 heavy (non-hydrogen) atoms. The van der Waals surface area contributed by atoms with Crippen molar-refractivity contribution < 1.29 is 14.4 Å². The van der Waals surface area contributed by atoms with Crippen LogP contribution in [0.1, 0.15) is 46.0 Å². The lowest BCUT2D eigenvalue weighted by Gasteiger charge is -2.13. The summed E-state index contributed by atoms with van der Waals surface area (Å²) in [5.74, 6) is 0.157. The maximum absolute atomic E-state index is 11.6. The molecule has 0 heterocycles. The molecule has 0 bridgehead atoms. The van der Waals surface area contributed by atoms with Gasteiger partial charge >= 0.3 is 0 Å². The quantitative estimate of drug-likeness (QED) is 0.454. The molecule has 0 fully saturated rings. The van der Waals surface area contributed by atoms with E-state index in [2.05, 4.69) is 16.0 Å². The van der Waals surface area contributed by atoms with Gasteiger partial charge in [-0.3, -0.25) is 14.4 Å². The van der Waals surface area contributed by atoms with Crippen LogP contribution in [0, 0.1) is 0 Å². The minimum atomic E-state index is -0.247. The molecule has 0 aromatic carbocycles. The highest BCUT2D eigenvalue weighted by molar-refractivity contribution is 5.83. The molecule has 122 valence electrons. The van der Waals surface area contributed by atoms with E-state index in [1.54, 1.807) is 21.0 Å². The molecule has 6 nitrogen and oxygen atoms in total. The summed E-state index contributed by atoms with van der Waals surface area (Å²) < 4.78 is 0. The zero-order valence-corrected chi connectivity index (χ0v) is 13.6. The summed E-state index contributed by atoms with van der Waals surface area (Å²) in [5.41, 5.74) is 0. The van der Waals surface area contributed by atoms with E-state index in [9.17, 15) is 14.4 Å². The highest BCUT2D eigenvalue weighted by Gasteiger charge is 2.13. The topological polar surface area (TPSA) is 87.3 Å². The number of likely N-dealkylation sites (N-methyl/N-ethyl adjacent to an activating group) is 2. The molecule has 3 N–H and O–H groups in total. The van der Waals surface area contributed by atoms with Crippen molar-refractivity contribution in [3.63, 3.8) is 0 Å². The number of carbonyl (C=O) groups excluding carboxylic acids is 3. The van der Waals surface area contributed by atoms with Crippen LogP contribution in [0.3, 0.4) is 0 Å². The summed E-state index contributed by atoms with van der Waals surface area (Å²) in [7, 11) is 3.50. The van der Waals surface area contributed by atoms with Crippen molar-refractivity contribution in [1.82, 2.24) is 16.0 Å². The van der Waals surface area contributed by atoms with E-state index >= 15 is 0 Å². The molecule has 2 atom stereocenters. The maximum atomic E-state index is 11.6. The molecule has 0 aliphatic carbocycles. The Kier molecular flexibility index (Phi) is 10.7. The largest absolute Gasteiger partial charge is 0.356 e. The summed E-state index contributed by atoms with van der Waals surface area (Å²) in [6.07, 6.45) is 3.38. The third-order valence-electron chi connectivity index (χ3n) is 3.58. The number of amides is 1. The Morgan fingerprint density at radius 1 is 0.857 bits per heavy atom. The molecule has 0 radical (unpaired) electrons. The number of unbranched alkanes of at least 4 members (excludes halogenated alkanes) is 1. The van der Waals surface area contributed by atoms with E-state index in [1.807, 2.05) is 0 Å². The van der Waals surface area contributed by atoms with Gasteiger partial charge < -0.3 is 16.0 Å². The van der Waals surface area contributed by atoms with Gasteiger partial charge in [-0.15, -0.1) is 0 Å². The van der Waals surface area contributed by atoms with Crippen LogP contribution in [0.5, 0.6) is 0 Å². The fourth-order valence-corrected chi connectivity index (χ4v) is 2.17. The van der Waals surface area contributed by atoms with E-state index in [0.717, 1.165) is 19.3 Å². The smallest absolute Gasteiger partial charge is 0.220 e. The van der Waals surface area contributed by atoms with E-state index in [4.69, 9.17) is 0 Å². The highest BCUT2D eigenvalue weighted by Crippen LogP contribution is 2.02. The first-order valence-electron chi connectivity index (χ1n) is 7.54. The second-order valence-electron chi connectivity index (χ2n) is 5.29. The SMILES string of the molecule is CN[C@@H](CCCCNC(=O)CC[C@H](NC)C(C)=O)C(C)=O. The number of rotatable bonds is 12. The number of hydrogen-bond acceptors (Lipinski definition) is 5. The Morgan fingerprint density at radius 3 is 1.86 bits per heavy atom. The highest BCUT2D eigenvalue weighted by atomic mass is 16.1. The molecule has 0 saturated carbocycles. The Balaban J connectivity index is 3.71. The normalized spacial score (nSPS) is 13.5. The Labute approximate surface area is 127 Å². The molecule has 0 aliphatic heterocycles. The lowest BCUT2D eigenvalue weighted by Crippen LogP contribution is -2.34. The molecule has 6 heteroatoms. The number of carbonyl (C=O) groups is 3. The van der Waals surface area contributed by atoms with Gasteiger partial charge in [-0.2, -0.15) is 0 Å². The number of Topliss-reactive ketones (excluding diaryl/α,β-unsaturated/α-hetero) is 2. The van der Waals surface area contributed by atoms with Gasteiger partial charge in [0.25, 0.3) is 0 Å². The van der Waals surface area contributed by atoms with Crippen molar-refractivity contribution in [2.45, 2.75) is 58.0 Å². The summed E-state index contributed by atoms with van der Waals surface area (Å²) >= 11 is 0. The number of nitrogens with one attached hydrogen (secondary N) is 3. The Hall–Kier alpha value is -1.27. The first kappa shape index (κ1) is 19.7. The predicted molar refractivity (Wildman–Crippen MR) is 83.2 cm³/mol. The first-order chi connectivity index (χ1) is 9.92. The molecule has 1 amide bonds. The minimum absolute atomic E-state index is 0.0340. The standard InChI is InChI=1S/C15H29N3O3/c1-11(19)13(16-3)7-5-6-10-18-15(21)9-8-14(17-4)12(2)20/h13-14,16-17H,5-10H2,1-4H3,(H,18,21)/t13-,14-/m0/s1. The van der Waals surface area contributed by atoms with Crippen LogP contribution in [0.15, 0.2) is 0 Å². The molecular formula is C15H29N3O3. The summed E-state index contributed by atoms with van der Waals surface area (Å²) in [6, 6.07) is -0.338. The van der Waals surface area contributed by atoms with Crippen molar-refractivity contribution in [2.24, 2.45) is 0 Å². The van der Waals surface area contributed by atoms with E-state index < -0.39 is 0 Å². The third-order valence-corrected chi connectivity index (χ3v) is 3.58. The van der Waals surface area contributed by atoms with Crippen LogP contribution in [0.25, 0.3) is 0 Å². The monoisotopic (exact) mass is 299 g/mol. The van der Waals surface area contributed by atoms with Crippen LogP contribution in [0.2, 0.25) is 0 Å². The zero-order valence-electron chi connectivity index (χ0n) is 13.6. The second-order valence-corrected chi connectivity index (χ2v) is 5.29. The van der Waals surface area contributed by atoms with Crippen molar-refractivity contribution in [3.05, 3.63) is 0 Å². The fraction of sp³-hybridized carbons (Fsp3) is 0.800. The van der Waals surface area contributed by atoms with Crippen LogP contribution in [0.4, 0.5) is 0 Å². The lowest BCUT2D eigenvalue weighted by atomic mass is 10.1. The second kappa shape index (κ2) is 11.4. The van der Waals surface area contributed by atoms with E-state index in [-0.39, 0.29) is 29.6 Å². The summed E-state index contributed by atoms with van der Waals surface area (Å²) in [6.45, 7) is 3.71. The lowest BCUT2D eigenvalue weighted by molar-refractivity contribution is -0.122. The molecule has 0 aromatic rings. The Morgan fingerprint density at radius 2 is 1.38 bits per heavy atom. The van der Waals surface area contributed by atoms with Gasteiger partial charge in [-0.05, 0) is 53.6 Å². The van der Waals surface area contributed by atoms with Crippen LogP contribution < -0.4 is 16.0 Å². The molecule has 0 aromatic heterocycles. The maximum Gasteiger partial charge on any atom is 0.220 e. The average molecular weight is 299 g/mol.